The fraction of sp³-hybridized carbons (Fsp3) is 0.625. The first kappa shape index (κ1) is 24.0. The molecule has 0 aromatic carbocycles. The van der Waals surface area contributed by atoms with E-state index >= 15 is 0 Å². The van der Waals surface area contributed by atoms with Gasteiger partial charge in [0.15, 0.2) is 0 Å². The average molecular weight is 443 g/mol. The van der Waals surface area contributed by atoms with E-state index in [-0.39, 0.29) is 18.4 Å². The molecule has 8 nitrogen and oxygen atoms in total. The third-order valence-electron chi connectivity index (χ3n) is 6.51. The number of carbonyl (C=O) groups is 4. The minimum Gasteiger partial charge on any atom is -0.346 e. The number of nitrogens with zero attached hydrogens (tertiary/aromatic N) is 1. The van der Waals surface area contributed by atoms with Crippen LogP contribution in [0.4, 0.5) is 0 Å². The minimum atomic E-state index is -0.928. The Bertz CT molecular complexity index is 830. The first-order chi connectivity index (χ1) is 15.4. The Balaban J connectivity index is 1.78. The number of carbonyl (C=O) groups excluding carboxylic acids is 4. The zero-order chi connectivity index (χ0) is 23.1. The summed E-state index contributed by atoms with van der Waals surface area (Å²) < 4.78 is 0. The molecule has 4 atom stereocenters. The van der Waals surface area contributed by atoms with E-state index in [2.05, 4.69) is 22.9 Å². The Morgan fingerprint density at radius 3 is 2.44 bits per heavy atom. The van der Waals surface area contributed by atoms with Gasteiger partial charge >= 0.3 is 0 Å². The van der Waals surface area contributed by atoms with Crippen molar-refractivity contribution in [2.45, 2.75) is 75.9 Å². The molecule has 0 unspecified atom stereocenters. The van der Waals surface area contributed by atoms with Gasteiger partial charge in [0.25, 0.3) is 5.91 Å². The molecule has 2 fully saturated rings. The van der Waals surface area contributed by atoms with Crippen LogP contribution in [0.3, 0.4) is 0 Å². The van der Waals surface area contributed by atoms with Gasteiger partial charge in [0.05, 0.1) is 18.6 Å². The Kier molecular flexibility index (Phi) is 8.42. The number of hydrogen-bond donors (Lipinski definition) is 3. The quantitative estimate of drug-likeness (QED) is 0.342. The van der Waals surface area contributed by atoms with Gasteiger partial charge in [0.1, 0.15) is 6.04 Å². The predicted molar refractivity (Wildman–Crippen MR) is 120 cm³/mol. The number of ketones is 1. The molecule has 3 aliphatic rings. The normalized spacial score (nSPS) is 29.2. The van der Waals surface area contributed by atoms with Gasteiger partial charge in [-0.3, -0.25) is 19.2 Å². The molecular weight excluding hydrogens is 408 g/mol. The van der Waals surface area contributed by atoms with Crippen LogP contribution in [0.5, 0.6) is 0 Å². The van der Waals surface area contributed by atoms with E-state index < -0.39 is 35.7 Å². The van der Waals surface area contributed by atoms with E-state index in [1.165, 1.54) is 11.0 Å². The van der Waals surface area contributed by atoms with E-state index in [0.29, 0.717) is 19.4 Å². The van der Waals surface area contributed by atoms with Crippen molar-refractivity contribution in [1.29, 1.82) is 0 Å². The Morgan fingerprint density at radius 1 is 1.16 bits per heavy atom. The lowest BCUT2D eigenvalue weighted by molar-refractivity contribution is -0.143. The first-order valence-electron chi connectivity index (χ1n) is 11.7. The molecule has 0 aromatic rings. The van der Waals surface area contributed by atoms with E-state index in [1.54, 1.807) is 6.08 Å². The van der Waals surface area contributed by atoms with Crippen molar-refractivity contribution >= 4 is 23.5 Å². The summed E-state index contributed by atoms with van der Waals surface area (Å²) in [5.74, 6) is -2.30. The first-order valence-corrected chi connectivity index (χ1v) is 11.7. The number of nitrogens with one attached hydrogen (secondary N) is 2. The number of hydrogen-bond acceptors (Lipinski definition) is 5. The van der Waals surface area contributed by atoms with Crippen molar-refractivity contribution in [2.75, 3.05) is 13.1 Å². The lowest BCUT2D eigenvalue weighted by atomic mass is 9.89. The van der Waals surface area contributed by atoms with Crippen LogP contribution >= 0.6 is 0 Å². The molecule has 8 heteroatoms. The van der Waals surface area contributed by atoms with Crippen LogP contribution < -0.4 is 16.4 Å². The highest BCUT2D eigenvalue weighted by molar-refractivity contribution is 6.38. The SMILES string of the molecule is C=CCNC(=O)C(=O)[C@@H]1CCCCCCCCC[C@H](N)C(=O)N2CC3=C=C[C@@H]3[C@H]2C(=O)N1. The number of amides is 3. The average Bonchev–Trinajstić information content (AvgIpc) is 3.03. The van der Waals surface area contributed by atoms with Crippen molar-refractivity contribution in [3.8, 4) is 0 Å². The van der Waals surface area contributed by atoms with E-state index in [1.807, 2.05) is 0 Å². The van der Waals surface area contributed by atoms with Crippen molar-refractivity contribution in [1.82, 2.24) is 15.5 Å². The zero-order valence-electron chi connectivity index (χ0n) is 18.6. The monoisotopic (exact) mass is 442 g/mol. The molecule has 2 saturated heterocycles. The molecule has 0 aromatic heterocycles. The molecule has 0 radical (unpaired) electrons. The molecule has 2 aliphatic heterocycles. The second-order valence-electron chi connectivity index (χ2n) is 8.86. The lowest BCUT2D eigenvalue weighted by Gasteiger charge is -2.29. The topological polar surface area (TPSA) is 122 Å². The Hall–Kier alpha value is -2.70. The molecule has 0 saturated carbocycles. The van der Waals surface area contributed by atoms with Gasteiger partial charge in [0.2, 0.25) is 17.6 Å². The van der Waals surface area contributed by atoms with Crippen molar-refractivity contribution < 1.29 is 19.2 Å². The molecule has 0 bridgehead atoms. The van der Waals surface area contributed by atoms with Gasteiger partial charge in [-0.15, -0.1) is 12.3 Å². The summed E-state index contributed by atoms with van der Waals surface area (Å²) in [6, 6.07) is -2.34. The van der Waals surface area contributed by atoms with Gasteiger partial charge < -0.3 is 21.3 Å². The second-order valence-corrected chi connectivity index (χ2v) is 8.86. The molecule has 3 amide bonds. The van der Waals surface area contributed by atoms with E-state index in [4.69, 9.17) is 5.73 Å². The third-order valence-corrected chi connectivity index (χ3v) is 6.51. The maximum Gasteiger partial charge on any atom is 0.289 e. The van der Waals surface area contributed by atoms with Gasteiger partial charge in [0, 0.05) is 18.0 Å². The largest absolute Gasteiger partial charge is 0.346 e. The highest BCUT2D eigenvalue weighted by Gasteiger charge is 2.47. The Morgan fingerprint density at radius 2 is 1.81 bits per heavy atom. The number of nitrogens with two attached hydrogens (primary N) is 1. The maximum atomic E-state index is 13.3. The van der Waals surface area contributed by atoms with Gasteiger partial charge in [-0.1, -0.05) is 51.0 Å². The highest BCUT2D eigenvalue weighted by Crippen LogP contribution is 2.35. The summed E-state index contributed by atoms with van der Waals surface area (Å²) in [7, 11) is 0. The number of Topliss-reactive ketones (excluding diaryl/α,β-unsaturated/α-hetero) is 1. The van der Waals surface area contributed by atoms with Crippen LogP contribution in [-0.2, 0) is 19.2 Å². The van der Waals surface area contributed by atoms with Gasteiger partial charge in [-0.2, -0.15) is 0 Å². The molecule has 1 aliphatic carbocycles. The third kappa shape index (κ3) is 5.56. The van der Waals surface area contributed by atoms with Crippen LogP contribution in [0.15, 0.2) is 30.0 Å². The number of rotatable bonds is 4. The summed E-state index contributed by atoms with van der Waals surface area (Å²) in [6.07, 6.45) is 11.0. The van der Waals surface area contributed by atoms with Crippen LogP contribution in [0, 0.1) is 5.92 Å². The van der Waals surface area contributed by atoms with Gasteiger partial charge in [-0.25, -0.2) is 0 Å². The molecule has 2 heterocycles. The van der Waals surface area contributed by atoms with Crippen molar-refractivity contribution in [3.05, 3.63) is 30.0 Å². The smallest absolute Gasteiger partial charge is 0.289 e. The Labute approximate surface area is 189 Å². The second kappa shape index (κ2) is 11.2. The van der Waals surface area contributed by atoms with Crippen LogP contribution in [-0.4, -0.2) is 59.6 Å². The zero-order valence-corrected chi connectivity index (χ0v) is 18.6. The standard InChI is InChI=1S/C24H34N4O4/c1-2-14-26-23(31)21(29)19-11-9-7-5-3-4-6-8-10-18(25)24(32)28-15-16-12-13-17(16)20(28)22(30)27-19/h2,13,17-20H,1,3-11,14-15,25H2,(H,26,31)(H,27,30)/t17-,18-,19-,20-/m0/s1. The van der Waals surface area contributed by atoms with Crippen molar-refractivity contribution in [3.63, 3.8) is 0 Å². The van der Waals surface area contributed by atoms with Crippen LogP contribution in [0.1, 0.15) is 57.8 Å². The molecule has 174 valence electrons. The summed E-state index contributed by atoms with van der Waals surface area (Å²) in [6.45, 7) is 4.03. The fourth-order valence-electron chi connectivity index (χ4n) is 4.59. The predicted octanol–water partition coefficient (Wildman–Crippen LogP) is 1.12. The molecule has 4 N–H and O–H groups in total. The fourth-order valence-corrected chi connectivity index (χ4v) is 4.59. The van der Waals surface area contributed by atoms with E-state index in [0.717, 1.165) is 50.5 Å². The number of fused-ring (bicyclic) bond motifs is 3. The lowest BCUT2D eigenvalue weighted by Crippen LogP contribution is -2.56. The van der Waals surface area contributed by atoms with Crippen LogP contribution in [0.25, 0.3) is 0 Å². The summed E-state index contributed by atoms with van der Waals surface area (Å²) >= 11 is 0. The molecular formula is C24H34N4O4. The molecule has 3 rings (SSSR count). The highest BCUT2D eigenvalue weighted by atomic mass is 16.2. The maximum absolute atomic E-state index is 13.3. The molecule has 32 heavy (non-hydrogen) atoms. The van der Waals surface area contributed by atoms with E-state index in [9.17, 15) is 19.2 Å². The summed E-state index contributed by atoms with van der Waals surface area (Å²) in [5.41, 5.74) is 10.1. The van der Waals surface area contributed by atoms with Crippen molar-refractivity contribution in [2.24, 2.45) is 11.7 Å². The molecule has 0 spiro atoms. The van der Waals surface area contributed by atoms with Gasteiger partial charge in [-0.05, 0) is 18.9 Å². The summed E-state index contributed by atoms with van der Waals surface area (Å²) in [4.78, 5) is 52.9. The minimum absolute atomic E-state index is 0.176. The summed E-state index contributed by atoms with van der Waals surface area (Å²) in [5, 5.41) is 5.27. The van der Waals surface area contributed by atoms with Crippen LogP contribution in [0.2, 0.25) is 0 Å².